The number of carboxylic acid groups (broad SMARTS) is 1. The molecule has 1 saturated heterocycles. The van der Waals surface area contributed by atoms with E-state index in [1.807, 2.05) is 0 Å². The van der Waals surface area contributed by atoms with E-state index >= 15 is 0 Å². The van der Waals surface area contributed by atoms with Crippen molar-refractivity contribution < 1.29 is 19.8 Å². The Balaban J connectivity index is 2.50. The lowest BCUT2D eigenvalue weighted by Gasteiger charge is -2.20. The lowest BCUT2D eigenvalue weighted by Crippen LogP contribution is -2.40. The van der Waals surface area contributed by atoms with E-state index in [4.69, 9.17) is 10.8 Å². The molecular weight excluding hydrogens is 212 g/mol. The van der Waals surface area contributed by atoms with Gasteiger partial charge in [-0.25, -0.2) is 4.79 Å². The number of hydrogen-bond donors (Lipinski definition) is 3. The summed E-state index contributed by atoms with van der Waals surface area (Å²) in [5, 5.41) is 18.3. The van der Waals surface area contributed by atoms with Crippen molar-refractivity contribution in [3.63, 3.8) is 0 Å². The van der Waals surface area contributed by atoms with Gasteiger partial charge in [0.1, 0.15) is 6.04 Å². The van der Waals surface area contributed by atoms with Crippen LogP contribution in [0.25, 0.3) is 0 Å². The largest absolute Gasteiger partial charge is 0.480 e. The number of β-amino-alcohol motifs (C(OH)–C–C–N with tert-alkyl or cyclic N) is 1. The zero-order valence-corrected chi connectivity index (χ0v) is 9.13. The van der Waals surface area contributed by atoms with Crippen LogP contribution in [0.3, 0.4) is 0 Å². The minimum absolute atomic E-state index is 0.123. The minimum atomic E-state index is -1.05. The number of aliphatic hydroxyl groups excluding tert-OH is 1. The first-order chi connectivity index (χ1) is 7.56. The first-order valence-electron chi connectivity index (χ1n) is 5.46. The van der Waals surface area contributed by atoms with Crippen molar-refractivity contribution in [3.8, 4) is 0 Å². The van der Waals surface area contributed by atoms with E-state index in [-0.39, 0.29) is 18.9 Å². The van der Waals surface area contributed by atoms with Crippen molar-refractivity contribution in [2.24, 2.45) is 5.73 Å². The van der Waals surface area contributed by atoms with Crippen LogP contribution >= 0.6 is 0 Å². The molecule has 16 heavy (non-hydrogen) atoms. The number of amides is 1. The Kier molecular flexibility index (Phi) is 4.70. The molecule has 1 heterocycles. The van der Waals surface area contributed by atoms with Gasteiger partial charge >= 0.3 is 5.97 Å². The number of aliphatic carboxylic acids is 1. The number of rotatable bonds is 5. The van der Waals surface area contributed by atoms with E-state index in [0.29, 0.717) is 19.4 Å². The van der Waals surface area contributed by atoms with Crippen LogP contribution in [0.1, 0.15) is 25.7 Å². The van der Waals surface area contributed by atoms with Gasteiger partial charge in [-0.2, -0.15) is 0 Å². The van der Waals surface area contributed by atoms with Gasteiger partial charge in [-0.1, -0.05) is 0 Å². The second-order valence-corrected chi connectivity index (χ2v) is 4.04. The number of aliphatic hydroxyl groups is 1. The van der Waals surface area contributed by atoms with Crippen molar-refractivity contribution >= 4 is 11.9 Å². The van der Waals surface area contributed by atoms with Crippen LogP contribution in [0.15, 0.2) is 0 Å². The third kappa shape index (κ3) is 3.18. The lowest BCUT2D eigenvalue weighted by atomic mass is 10.2. The van der Waals surface area contributed by atoms with Crippen LogP contribution in [0.5, 0.6) is 0 Å². The molecule has 0 aromatic rings. The van der Waals surface area contributed by atoms with Crippen LogP contribution < -0.4 is 5.73 Å². The molecule has 0 saturated carbocycles. The highest BCUT2D eigenvalue weighted by Crippen LogP contribution is 2.19. The molecule has 4 N–H and O–H groups in total. The Morgan fingerprint density at radius 1 is 1.38 bits per heavy atom. The molecule has 92 valence electrons. The average Bonchev–Trinajstić information content (AvgIpc) is 2.61. The summed E-state index contributed by atoms with van der Waals surface area (Å²) in [4.78, 5) is 23.8. The fourth-order valence-electron chi connectivity index (χ4n) is 1.89. The van der Waals surface area contributed by atoms with E-state index in [2.05, 4.69) is 0 Å². The van der Waals surface area contributed by atoms with Crippen molar-refractivity contribution in [2.45, 2.75) is 37.8 Å². The van der Waals surface area contributed by atoms with Crippen LogP contribution in [-0.4, -0.2) is 52.2 Å². The summed E-state index contributed by atoms with van der Waals surface area (Å²) in [5.74, 6) is -1.26. The van der Waals surface area contributed by atoms with Gasteiger partial charge in [-0.3, -0.25) is 4.79 Å². The number of nitrogens with zero attached hydrogens (tertiary/aromatic N) is 1. The monoisotopic (exact) mass is 230 g/mol. The maximum atomic E-state index is 11.7. The van der Waals surface area contributed by atoms with E-state index in [9.17, 15) is 14.7 Å². The second-order valence-electron chi connectivity index (χ2n) is 4.04. The first-order valence-corrected chi connectivity index (χ1v) is 5.46. The first kappa shape index (κ1) is 12.9. The van der Waals surface area contributed by atoms with E-state index in [0.717, 1.165) is 6.42 Å². The Morgan fingerprint density at radius 3 is 2.62 bits per heavy atom. The normalized spacial score (nSPS) is 24.8. The Hall–Kier alpha value is -1.14. The number of carboxylic acids is 1. The summed E-state index contributed by atoms with van der Waals surface area (Å²) in [6.07, 6.45) is 1.11. The maximum Gasteiger partial charge on any atom is 0.326 e. The van der Waals surface area contributed by atoms with Crippen molar-refractivity contribution in [3.05, 3.63) is 0 Å². The number of nitrogens with two attached hydrogens (primary N) is 1. The Bertz CT molecular complexity index is 270. The zero-order chi connectivity index (χ0) is 12.1. The second kappa shape index (κ2) is 5.81. The third-order valence-electron chi connectivity index (χ3n) is 2.73. The highest BCUT2D eigenvalue weighted by atomic mass is 16.4. The quantitative estimate of drug-likeness (QED) is 0.534. The average molecular weight is 230 g/mol. The van der Waals surface area contributed by atoms with Gasteiger partial charge in [0, 0.05) is 19.4 Å². The topological polar surface area (TPSA) is 104 Å². The number of hydrogen-bond acceptors (Lipinski definition) is 4. The van der Waals surface area contributed by atoms with E-state index in [1.165, 1.54) is 4.90 Å². The standard InChI is InChI=1S/C10H18N2O4/c11-4-2-1-3-9(14)12-6-7(13)5-8(12)10(15)16/h7-8,13H,1-6,11H2,(H,15,16)/t7-,8+/m1/s1. The Labute approximate surface area is 94.0 Å². The predicted molar refractivity (Wildman–Crippen MR) is 56.7 cm³/mol. The summed E-state index contributed by atoms with van der Waals surface area (Å²) in [6, 6.07) is -0.875. The number of carbonyl (C=O) groups is 2. The van der Waals surface area contributed by atoms with Crippen molar-refractivity contribution in [1.82, 2.24) is 4.90 Å². The number of carbonyl (C=O) groups excluding carboxylic acids is 1. The molecule has 1 amide bonds. The number of likely N-dealkylation sites (tertiary alicyclic amines) is 1. The van der Waals surface area contributed by atoms with Crippen LogP contribution in [-0.2, 0) is 9.59 Å². The fraction of sp³-hybridized carbons (Fsp3) is 0.800. The van der Waals surface area contributed by atoms with E-state index < -0.39 is 18.1 Å². The van der Waals surface area contributed by atoms with Gasteiger partial charge in [0.05, 0.1) is 6.10 Å². The molecule has 2 atom stereocenters. The highest BCUT2D eigenvalue weighted by Gasteiger charge is 2.38. The molecule has 0 radical (unpaired) electrons. The smallest absolute Gasteiger partial charge is 0.326 e. The molecule has 1 rings (SSSR count). The molecule has 6 heteroatoms. The molecule has 0 aromatic heterocycles. The molecular formula is C10H18N2O4. The summed E-state index contributed by atoms with van der Waals surface area (Å²) in [5.41, 5.74) is 5.31. The summed E-state index contributed by atoms with van der Waals surface area (Å²) in [7, 11) is 0. The van der Waals surface area contributed by atoms with Gasteiger partial charge in [0.15, 0.2) is 0 Å². The molecule has 0 bridgehead atoms. The third-order valence-corrected chi connectivity index (χ3v) is 2.73. The molecule has 0 aliphatic carbocycles. The molecule has 1 aliphatic heterocycles. The SMILES string of the molecule is NCCCCC(=O)N1C[C@H](O)C[C@H]1C(=O)O. The van der Waals surface area contributed by atoms with Gasteiger partial charge in [0.2, 0.25) is 5.91 Å². The van der Waals surface area contributed by atoms with Gasteiger partial charge < -0.3 is 20.8 Å². The van der Waals surface area contributed by atoms with Crippen LogP contribution in [0.2, 0.25) is 0 Å². The lowest BCUT2D eigenvalue weighted by molar-refractivity contribution is -0.148. The molecule has 6 nitrogen and oxygen atoms in total. The van der Waals surface area contributed by atoms with Gasteiger partial charge in [0.25, 0.3) is 0 Å². The van der Waals surface area contributed by atoms with Crippen LogP contribution in [0.4, 0.5) is 0 Å². The number of unbranched alkanes of at least 4 members (excludes halogenated alkanes) is 1. The summed E-state index contributed by atoms with van der Waals surface area (Å²) < 4.78 is 0. The summed E-state index contributed by atoms with van der Waals surface area (Å²) in [6.45, 7) is 0.649. The van der Waals surface area contributed by atoms with Crippen molar-refractivity contribution in [2.75, 3.05) is 13.1 Å². The van der Waals surface area contributed by atoms with Crippen molar-refractivity contribution in [1.29, 1.82) is 0 Å². The molecule has 0 aromatic carbocycles. The fourth-order valence-corrected chi connectivity index (χ4v) is 1.89. The maximum absolute atomic E-state index is 11.7. The van der Waals surface area contributed by atoms with Gasteiger partial charge in [-0.05, 0) is 19.4 Å². The molecule has 1 aliphatic rings. The molecule has 0 unspecified atom stereocenters. The van der Waals surface area contributed by atoms with E-state index in [1.54, 1.807) is 0 Å². The van der Waals surface area contributed by atoms with Gasteiger partial charge in [-0.15, -0.1) is 0 Å². The molecule has 0 spiro atoms. The molecule has 1 fully saturated rings. The minimum Gasteiger partial charge on any atom is -0.480 e. The summed E-state index contributed by atoms with van der Waals surface area (Å²) >= 11 is 0. The Morgan fingerprint density at radius 2 is 2.06 bits per heavy atom. The zero-order valence-electron chi connectivity index (χ0n) is 9.13. The highest BCUT2D eigenvalue weighted by molar-refractivity contribution is 5.84. The predicted octanol–water partition coefficient (Wildman–Crippen LogP) is -0.838. The van der Waals surface area contributed by atoms with Crippen LogP contribution in [0, 0.1) is 0 Å².